The van der Waals surface area contributed by atoms with Gasteiger partial charge < -0.3 is 15.0 Å². The molecule has 3 aromatic carbocycles. The van der Waals surface area contributed by atoms with Crippen molar-refractivity contribution >= 4 is 49.3 Å². The van der Waals surface area contributed by atoms with E-state index in [1.165, 1.54) is 37.9 Å². The predicted molar refractivity (Wildman–Crippen MR) is 208 cm³/mol. The molecule has 312 valence electrons. The van der Waals surface area contributed by atoms with Gasteiger partial charge >= 0.3 is 6.09 Å². The van der Waals surface area contributed by atoms with Gasteiger partial charge in [-0.05, 0) is 48.7 Å². The number of anilines is 2. The minimum Gasteiger partial charge on any atom is -0.445 e. The highest BCUT2D eigenvalue weighted by Crippen LogP contribution is 2.41. The summed E-state index contributed by atoms with van der Waals surface area (Å²) >= 11 is 0.528. The number of alkyl halides is 2. The van der Waals surface area contributed by atoms with E-state index in [4.69, 9.17) is 4.74 Å². The molecule has 7 rings (SSSR count). The number of amides is 1. The van der Waals surface area contributed by atoms with Crippen molar-refractivity contribution < 1.29 is 48.3 Å². The van der Waals surface area contributed by atoms with Gasteiger partial charge in [-0.2, -0.15) is 17.0 Å². The van der Waals surface area contributed by atoms with Crippen molar-refractivity contribution in [2.24, 2.45) is 0 Å². The van der Waals surface area contributed by atoms with Gasteiger partial charge in [-0.1, -0.05) is 42.5 Å². The normalized spacial score (nSPS) is 16.0. The smallest absolute Gasteiger partial charge is 0.410 e. The molecule has 2 saturated heterocycles. The second-order valence-corrected chi connectivity index (χ2v) is 17.9. The summed E-state index contributed by atoms with van der Waals surface area (Å²) in [5, 5.41) is 2.47. The van der Waals surface area contributed by atoms with E-state index in [0.29, 0.717) is 24.2 Å². The van der Waals surface area contributed by atoms with Crippen LogP contribution in [-0.2, 0) is 31.6 Å². The van der Waals surface area contributed by atoms with Crippen molar-refractivity contribution in [1.29, 1.82) is 0 Å². The lowest BCUT2D eigenvalue weighted by Gasteiger charge is -2.38. The van der Waals surface area contributed by atoms with E-state index in [9.17, 15) is 39.2 Å². The van der Waals surface area contributed by atoms with Crippen LogP contribution in [0.3, 0.4) is 0 Å². The molecule has 1 amide bonds. The molecule has 0 aliphatic carbocycles. The monoisotopic (exact) mass is 878 g/mol. The summed E-state index contributed by atoms with van der Waals surface area (Å²) in [4.78, 5) is 25.3. The van der Waals surface area contributed by atoms with E-state index < -0.39 is 71.4 Å². The molecule has 5 aromatic rings. The number of nitrogens with one attached hydrogen (secondary N) is 2. The number of hydrogen-bond donors (Lipinski definition) is 2. The van der Waals surface area contributed by atoms with E-state index in [1.807, 2.05) is 35.1 Å². The Bertz CT molecular complexity index is 2520. The number of thiazole rings is 1. The van der Waals surface area contributed by atoms with Gasteiger partial charge in [0, 0.05) is 57.1 Å². The number of sulfonamides is 1. The fourth-order valence-electron chi connectivity index (χ4n) is 6.56. The second-order valence-electron chi connectivity index (χ2n) is 13.4. The predicted octanol–water partition coefficient (Wildman–Crippen LogP) is 6.50. The maximum atomic E-state index is 16.0. The molecule has 22 heteroatoms. The number of aromatic nitrogens is 3. The van der Waals surface area contributed by atoms with Gasteiger partial charge in [0.15, 0.2) is 15.7 Å². The van der Waals surface area contributed by atoms with Crippen LogP contribution in [-0.4, -0.2) is 96.7 Å². The fourth-order valence-corrected chi connectivity index (χ4v) is 10.3. The summed E-state index contributed by atoms with van der Waals surface area (Å²) in [5.41, 5.74) is -0.507. The number of ether oxygens (including phenoxy) is 1. The maximum absolute atomic E-state index is 16.0. The summed E-state index contributed by atoms with van der Waals surface area (Å²) in [6.07, 6.45) is -1.51. The zero-order valence-electron chi connectivity index (χ0n) is 30.8. The zero-order chi connectivity index (χ0) is 41.9. The van der Waals surface area contributed by atoms with E-state index in [-0.39, 0.29) is 74.1 Å². The van der Waals surface area contributed by atoms with Crippen molar-refractivity contribution in [2.75, 3.05) is 49.3 Å². The first-order valence-corrected chi connectivity index (χ1v) is 21.8. The third kappa shape index (κ3) is 9.30. The summed E-state index contributed by atoms with van der Waals surface area (Å²) in [6.45, 7) is 0.990. The molecule has 2 aliphatic heterocycles. The van der Waals surface area contributed by atoms with E-state index in [2.05, 4.69) is 20.3 Å². The molecule has 14 nitrogen and oxygen atoms in total. The Kier molecular flexibility index (Phi) is 12.4. The zero-order valence-corrected chi connectivity index (χ0v) is 33.2. The molecular weight excluding hydrogens is 844 g/mol. The molecule has 0 saturated carbocycles. The number of carbonyl (C=O) groups excluding carboxylic acids is 1. The number of piperazine rings is 1. The van der Waals surface area contributed by atoms with E-state index in [0.717, 1.165) is 29.8 Å². The Hall–Kier alpha value is -5.29. The number of rotatable bonds is 12. The minimum atomic E-state index is -4.98. The first kappa shape index (κ1) is 41.9. The Morgan fingerprint density at radius 1 is 0.831 bits per heavy atom. The standard InChI is InChI=1S/C37H35F5N8O6S3/c38-26-9-5-10-27(39)33(26)58(52,53)47-28-11-4-8-25(30(28)40)31-32(57-35(46-31)34(41)42)29-12-15-43-36(45-29)44-24-13-16-49(17-14-24)59(54,55)50-20-18-48(19-21-50)37(51)56-22-23-6-2-1-3-7-23/h1-12,15,24,34,47H,13-14,16-22H2,(H,43,44,45). The number of benzene rings is 3. The van der Waals surface area contributed by atoms with Crippen LogP contribution in [0.5, 0.6) is 0 Å². The van der Waals surface area contributed by atoms with Gasteiger partial charge in [-0.3, -0.25) is 4.72 Å². The molecule has 2 aromatic heterocycles. The number of carbonyl (C=O) groups is 1. The molecule has 2 N–H and O–H groups in total. The topological polar surface area (TPSA) is 167 Å². The first-order valence-electron chi connectivity index (χ1n) is 18.1. The lowest BCUT2D eigenvalue weighted by atomic mass is 10.1. The molecule has 59 heavy (non-hydrogen) atoms. The maximum Gasteiger partial charge on any atom is 0.410 e. The number of nitrogens with zero attached hydrogens (tertiary/aromatic N) is 6. The highest BCUT2D eigenvalue weighted by molar-refractivity contribution is 7.92. The summed E-state index contributed by atoms with van der Waals surface area (Å²) < 4.78 is 135. The Balaban J connectivity index is 1.00. The van der Waals surface area contributed by atoms with Crippen molar-refractivity contribution in [3.05, 3.63) is 107 Å². The number of piperidine rings is 1. The third-order valence-electron chi connectivity index (χ3n) is 9.55. The van der Waals surface area contributed by atoms with Crippen LogP contribution in [0.4, 0.5) is 38.4 Å². The Morgan fingerprint density at radius 2 is 1.49 bits per heavy atom. The SMILES string of the molecule is O=C(OCc1ccccc1)N1CCN(S(=O)(=O)N2CCC(Nc3nccc(-c4sc(C(F)F)nc4-c4cccc(NS(=O)(=O)c5c(F)cccc5F)c4F)n3)CC2)CC1. The summed E-state index contributed by atoms with van der Waals surface area (Å²) in [5.74, 6) is -4.00. The van der Waals surface area contributed by atoms with Crippen LogP contribution in [0, 0.1) is 17.5 Å². The third-order valence-corrected chi connectivity index (χ3v) is 14.1. The van der Waals surface area contributed by atoms with Crippen LogP contribution in [0.1, 0.15) is 29.8 Å². The van der Waals surface area contributed by atoms with E-state index in [1.54, 1.807) is 0 Å². The quantitative estimate of drug-likeness (QED) is 0.132. The van der Waals surface area contributed by atoms with Crippen LogP contribution < -0.4 is 10.0 Å². The lowest BCUT2D eigenvalue weighted by Crippen LogP contribution is -2.55. The molecule has 4 heterocycles. The average Bonchev–Trinajstić information content (AvgIpc) is 3.67. The van der Waals surface area contributed by atoms with Gasteiger partial charge in [0.05, 0.1) is 22.0 Å². The largest absolute Gasteiger partial charge is 0.445 e. The van der Waals surface area contributed by atoms with Crippen molar-refractivity contribution in [1.82, 2.24) is 28.5 Å². The molecule has 0 spiro atoms. The molecule has 0 radical (unpaired) electrons. The van der Waals surface area contributed by atoms with Gasteiger partial charge in [-0.15, -0.1) is 11.3 Å². The average molecular weight is 879 g/mol. The molecule has 0 atom stereocenters. The van der Waals surface area contributed by atoms with Crippen molar-refractivity contribution in [3.63, 3.8) is 0 Å². The van der Waals surface area contributed by atoms with Crippen molar-refractivity contribution in [2.45, 2.75) is 36.8 Å². The Labute approximate surface area is 339 Å². The molecule has 0 bridgehead atoms. The van der Waals surface area contributed by atoms with E-state index >= 15 is 4.39 Å². The summed E-state index contributed by atoms with van der Waals surface area (Å²) in [7, 11) is -8.82. The highest BCUT2D eigenvalue weighted by atomic mass is 32.2. The van der Waals surface area contributed by atoms with Gasteiger partial charge in [0.2, 0.25) is 5.95 Å². The van der Waals surface area contributed by atoms with Gasteiger partial charge in [0.1, 0.15) is 18.2 Å². The van der Waals surface area contributed by atoms with Crippen LogP contribution >= 0.6 is 11.3 Å². The minimum absolute atomic E-state index is 0.00438. The van der Waals surface area contributed by atoms with Gasteiger partial charge in [0.25, 0.3) is 26.7 Å². The number of halogens is 5. The first-order chi connectivity index (χ1) is 28.2. The molecule has 2 fully saturated rings. The van der Waals surface area contributed by atoms with Crippen LogP contribution in [0.25, 0.3) is 21.8 Å². The molecule has 2 aliphatic rings. The number of hydrogen-bond acceptors (Lipinski definition) is 11. The van der Waals surface area contributed by atoms with Gasteiger partial charge in [-0.25, -0.2) is 50.1 Å². The van der Waals surface area contributed by atoms with Crippen LogP contribution in [0.15, 0.2) is 83.9 Å². The highest BCUT2D eigenvalue weighted by Gasteiger charge is 2.36. The molecule has 0 unspecified atom stereocenters. The second kappa shape index (κ2) is 17.5. The lowest BCUT2D eigenvalue weighted by molar-refractivity contribution is 0.0828. The Morgan fingerprint density at radius 3 is 2.17 bits per heavy atom. The van der Waals surface area contributed by atoms with Crippen molar-refractivity contribution in [3.8, 4) is 21.8 Å². The van der Waals surface area contributed by atoms with Crippen LogP contribution in [0.2, 0.25) is 0 Å². The molecular formula is C37H35F5N8O6S3. The summed E-state index contributed by atoms with van der Waals surface area (Å²) in [6, 6.07) is 16.1. The fraction of sp³-hybridized carbons (Fsp3) is 0.297.